The van der Waals surface area contributed by atoms with Gasteiger partial charge in [-0.25, -0.2) is 0 Å². The minimum absolute atomic E-state index is 0.164. The molecule has 1 aliphatic heterocycles. The number of thioether (sulfide) groups is 1. The quantitative estimate of drug-likeness (QED) is 0.676. The largest absolute Gasteiger partial charge is 0.336 e. The molecule has 1 saturated heterocycles. The van der Waals surface area contributed by atoms with Gasteiger partial charge in [-0.2, -0.15) is 0 Å². The van der Waals surface area contributed by atoms with Gasteiger partial charge >= 0.3 is 0 Å². The van der Waals surface area contributed by atoms with Gasteiger partial charge in [0.25, 0.3) is 0 Å². The fourth-order valence-corrected chi connectivity index (χ4v) is 4.54. The van der Waals surface area contributed by atoms with Crippen molar-refractivity contribution in [1.29, 1.82) is 0 Å². The van der Waals surface area contributed by atoms with Crippen LogP contribution in [0.3, 0.4) is 0 Å². The van der Waals surface area contributed by atoms with Crippen LogP contribution in [-0.4, -0.2) is 48.3 Å². The summed E-state index contributed by atoms with van der Waals surface area (Å²) in [5, 5.41) is 9.46. The lowest BCUT2D eigenvalue weighted by atomic mass is 9.97. The molecular formula is C18H23N5OS. The topological polar surface area (TPSA) is 55.4 Å². The average Bonchev–Trinajstić information content (AvgIpc) is 3.14. The first kappa shape index (κ1) is 16.4. The number of piperidine rings is 1. The van der Waals surface area contributed by atoms with Crippen LogP contribution in [0.2, 0.25) is 0 Å². The van der Waals surface area contributed by atoms with E-state index in [0.29, 0.717) is 18.6 Å². The van der Waals surface area contributed by atoms with Crippen LogP contribution in [-0.2, 0) is 11.3 Å². The maximum Gasteiger partial charge on any atom is 0.243 e. The molecular weight excluding hydrogens is 334 g/mol. The number of benzene rings is 1. The molecule has 2 atom stereocenters. The van der Waals surface area contributed by atoms with E-state index in [0.717, 1.165) is 34.8 Å². The van der Waals surface area contributed by atoms with E-state index in [2.05, 4.69) is 35.0 Å². The van der Waals surface area contributed by atoms with Crippen LogP contribution in [0.4, 0.5) is 0 Å². The Bertz CT molecular complexity index is 920. The Hall–Kier alpha value is -2.02. The van der Waals surface area contributed by atoms with Crippen molar-refractivity contribution in [3.63, 3.8) is 0 Å². The molecule has 0 spiro atoms. The summed E-state index contributed by atoms with van der Waals surface area (Å²) in [5.41, 5.74) is 2.06. The molecule has 0 bridgehead atoms. The third kappa shape index (κ3) is 2.61. The maximum atomic E-state index is 13.1. The number of carbonyl (C=O) groups excluding carboxylic acids is 1. The number of amides is 1. The summed E-state index contributed by atoms with van der Waals surface area (Å²) >= 11 is 1.56. The molecule has 1 amide bonds. The normalized spacial score (nSPS) is 21.3. The van der Waals surface area contributed by atoms with Crippen molar-refractivity contribution < 1.29 is 4.79 Å². The van der Waals surface area contributed by atoms with Crippen LogP contribution >= 0.6 is 11.8 Å². The zero-order chi connectivity index (χ0) is 17.6. The Balaban J connectivity index is 1.78. The van der Waals surface area contributed by atoms with Crippen molar-refractivity contribution in [2.24, 2.45) is 0 Å². The van der Waals surface area contributed by atoms with E-state index in [1.54, 1.807) is 11.8 Å². The molecule has 0 radical (unpaired) electrons. The predicted octanol–water partition coefficient (Wildman–Crippen LogP) is 3.20. The smallest absolute Gasteiger partial charge is 0.243 e. The van der Waals surface area contributed by atoms with Crippen molar-refractivity contribution in [2.75, 3.05) is 6.26 Å². The molecule has 0 aliphatic carbocycles. The van der Waals surface area contributed by atoms with Gasteiger partial charge in [0.2, 0.25) is 11.7 Å². The highest BCUT2D eigenvalue weighted by molar-refractivity contribution is 7.98. The number of imidazole rings is 1. The molecule has 0 N–H and O–H groups in total. The third-order valence-corrected chi connectivity index (χ3v) is 5.86. The van der Waals surface area contributed by atoms with E-state index in [1.807, 2.05) is 33.4 Å². The van der Waals surface area contributed by atoms with Crippen LogP contribution < -0.4 is 0 Å². The first-order valence-electron chi connectivity index (χ1n) is 8.79. The molecule has 1 fully saturated rings. The van der Waals surface area contributed by atoms with Crippen molar-refractivity contribution in [3.05, 3.63) is 24.3 Å². The Labute approximate surface area is 151 Å². The maximum absolute atomic E-state index is 13.1. The van der Waals surface area contributed by atoms with Gasteiger partial charge in [-0.3, -0.25) is 13.8 Å². The van der Waals surface area contributed by atoms with Crippen LogP contribution in [0.25, 0.3) is 16.8 Å². The number of fused-ring (bicyclic) bond motifs is 3. The van der Waals surface area contributed by atoms with E-state index < -0.39 is 0 Å². The first-order valence-corrected chi connectivity index (χ1v) is 10.0. The Morgan fingerprint density at radius 1 is 1.16 bits per heavy atom. The van der Waals surface area contributed by atoms with E-state index in [-0.39, 0.29) is 5.91 Å². The lowest BCUT2D eigenvalue weighted by Gasteiger charge is -2.39. The van der Waals surface area contributed by atoms with Gasteiger partial charge in [-0.05, 0) is 51.5 Å². The standard InChI is InChI=1S/C18H23N5OS/c1-12-7-6-8-13(2)22(12)16(24)11-21-14-9-4-5-10-15(14)23-17(21)19-20-18(23)25-3/h4-5,9-10,12-13H,6-8,11H2,1-3H3. The number of likely N-dealkylation sites (tertiary alicyclic amines) is 1. The average molecular weight is 357 g/mol. The van der Waals surface area contributed by atoms with Crippen molar-refractivity contribution in [1.82, 2.24) is 24.1 Å². The Kier molecular flexibility index (Phi) is 4.19. The minimum Gasteiger partial charge on any atom is -0.336 e. The second-order valence-electron chi connectivity index (χ2n) is 6.83. The van der Waals surface area contributed by atoms with Crippen molar-refractivity contribution >= 4 is 34.5 Å². The number of hydrogen-bond donors (Lipinski definition) is 0. The fourth-order valence-electron chi connectivity index (χ4n) is 4.05. The van der Waals surface area contributed by atoms with Gasteiger partial charge in [-0.1, -0.05) is 23.9 Å². The van der Waals surface area contributed by atoms with Crippen LogP contribution in [0.1, 0.15) is 33.1 Å². The van der Waals surface area contributed by atoms with E-state index in [4.69, 9.17) is 0 Å². The Morgan fingerprint density at radius 3 is 2.52 bits per heavy atom. The first-order chi connectivity index (χ1) is 12.1. The molecule has 1 aromatic carbocycles. The van der Waals surface area contributed by atoms with Crippen LogP contribution in [0.15, 0.2) is 29.4 Å². The number of para-hydroxylation sites is 2. The summed E-state index contributed by atoms with van der Waals surface area (Å²) < 4.78 is 4.04. The Morgan fingerprint density at radius 2 is 1.84 bits per heavy atom. The second-order valence-corrected chi connectivity index (χ2v) is 7.60. The molecule has 2 unspecified atom stereocenters. The van der Waals surface area contributed by atoms with Gasteiger partial charge < -0.3 is 4.90 Å². The second kappa shape index (κ2) is 6.37. The van der Waals surface area contributed by atoms with Gasteiger partial charge in [0, 0.05) is 12.1 Å². The molecule has 6 nitrogen and oxygen atoms in total. The number of nitrogens with zero attached hydrogens (tertiary/aromatic N) is 5. The third-order valence-electron chi connectivity index (χ3n) is 5.23. The van der Waals surface area contributed by atoms with E-state index >= 15 is 0 Å². The van der Waals surface area contributed by atoms with Gasteiger partial charge in [0.1, 0.15) is 6.54 Å². The molecule has 2 aromatic heterocycles. The number of aromatic nitrogens is 4. The zero-order valence-electron chi connectivity index (χ0n) is 14.8. The molecule has 25 heavy (non-hydrogen) atoms. The summed E-state index contributed by atoms with van der Waals surface area (Å²) in [6.45, 7) is 4.61. The summed E-state index contributed by atoms with van der Waals surface area (Å²) in [4.78, 5) is 15.1. The van der Waals surface area contributed by atoms with E-state index in [1.165, 1.54) is 6.42 Å². The highest BCUT2D eigenvalue weighted by Gasteiger charge is 2.30. The minimum atomic E-state index is 0.164. The lowest BCUT2D eigenvalue weighted by Crippen LogP contribution is -2.48. The highest BCUT2D eigenvalue weighted by atomic mass is 32.2. The molecule has 132 valence electrons. The van der Waals surface area contributed by atoms with Crippen LogP contribution in [0.5, 0.6) is 0 Å². The summed E-state index contributed by atoms with van der Waals surface area (Å²) in [7, 11) is 0. The van der Waals surface area contributed by atoms with Gasteiger partial charge in [0.15, 0.2) is 5.16 Å². The van der Waals surface area contributed by atoms with Crippen molar-refractivity contribution in [3.8, 4) is 0 Å². The fraction of sp³-hybridized carbons (Fsp3) is 0.500. The lowest BCUT2D eigenvalue weighted by molar-refractivity contribution is -0.137. The molecule has 4 rings (SSSR count). The number of rotatable bonds is 3. The molecule has 1 aliphatic rings. The summed E-state index contributed by atoms with van der Waals surface area (Å²) in [6, 6.07) is 8.71. The van der Waals surface area contributed by atoms with Crippen molar-refractivity contribution in [2.45, 2.75) is 56.9 Å². The van der Waals surface area contributed by atoms with Gasteiger partial charge in [-0.15, -0.1) is 10.2 Å². The SMILES string of the molecule is CSc1nnc2n(CC(=O)N3C(C)CCCC3C)c3ccccc3n12. The monoisotopic (exact) mass is 357 g/mol. The zero-order valence-corrected chi connectivity index (χ0v) is 15.7. The number of hydrogen-bond acceptors (Lipinski definition) is 4. The predicted molar refractivity (Wildman–Crippen MR) is 99.9 cm³/mol. The summed E-state index contributed by atoms with van der Waals surface area (Å²) in [5.74, 6) is 0.896. The van der Waals surface area contributed by atoms with E-state index in [9.17, 15) is 4.79 Å². The number of carbonyl (C=O) groups is 1. The van der Waals surface area contributed by atoms with Crippen LogP contribution in [0, 0.1) is 0 Å². The van der Waals surface area contributed by atoms with Gasteiger partial charge in [0.05, 0.1) is 11.0 Å². The molecule has 3 aromatic rings. The molecule has 0 saturated carbocycles. The summed E-state index contributed by atoms with van der Waals surface area (Å²) in [6.07, 6.45) is 5.35. The molecule has 3 heterocycles. The highest BCUT2D eigenvalue weighted by Crippen LogP contribution is 2.27. The molecule has 7 heteroatoms.